The van der Waals surface area contributed by atoms with Crippen molar-refractivity contribution >= 4 is 22.0 Å². The van der Waals surface area contributed by atoms with Crippen molar-refractivity contribution in [1.29, 1.82) is 0 Å². The van der Waals surface area contributed by atoms with Crippen molar-refractivity contribution in [2.24, 2.45) is 4.99 Å². The molecule has 70 heavy (non-hydrogen) atoms. The van der Waals surface area contributed by atoms with Crippen molar-refractivity contribution < 1.29 is 60.0 Å². The van der Waals surface area contributed by atoms with Gasteiger partial charge in [-0.25, -0.2) is 0 Å². The van der Waals surface area contributed by atoms with Crippen molar-refractivity contribution in [3.8, 4) is 5.75 Å². The number of ether oxygens (including phenoxy) is 10. The lowest BCUT2D eigenvalue weighted by Crippen LogP contribution is -2.64. The first-order valence-corrected chi connectivity index (χ1v) is 28.4. The molecule has 1 heterocycles. The van der Waals surface area contributed by atoms with Gasteiger partial charge in [0.25, 0.3) is 0 Å². The van der Waals surface area contributed by atoms with Gasteiger partial charge in [-0.3, -0.25) is 4.99 Å². The van der Waals surface area contributed by atoms with E-state index in [9.17, 15) is 8.42 Å². The standard InChI is InChI=1S/C55H93NO13S/c1-9-16-33-60-40-32-47(62-35-18-11-3)50(63-36-19-12-4)54(66-39-22-15-7)55(59-8)68-52-48(42-61-34-17-10-2)67-49(51(64-37-20-13-5)53(52)65-38-21-14-6)43-70(57,58)69-46-30-28-44(29-31-46)41-56-45-26-24-23-25-27-45/h23-31,41,47-55H,9-22,32-40,42-43H2,1-8H3/b56-41+/t47-,48?,49+,50?,51-,52-,53?,54+,55+/m1/s1. The first-order chi connectivity index (χ1) is 34.2. The van der Waals surface area contributed by atoms with Gasteiger partial charge < -0.3 is 51.6 Å². The van der Waals surface area contributed by atoms with Gasteiger partial charge in [0.15, 0.2) is 6.29 Å². The van der Waals surface area contributed by atoms with Crippen LogP contribution in [0.3, 0.4) is 0 Å². The number of hydrogen-bond acceptors (Lipinski definition) is 14. The second-order valence-corrected chi connectivity index (χ2v) is 19.7. The number of benzene rings is 2. The van der Waals surface area contributed by atoms with Gasteiger partial charge >= 0.3 is 10.1 Å². The average Bonchev–Trinajstić information content (AvgIpc) is 3.36. The smallest absolute Gasteiger partial charge is 0.311 e. The second kappa shape index (κ2) is 38.1. The van der Waals surface area contributed by atoms with Gasteiger partial charge in [0.2, 0.25) is 0 Å². The molecule has 14 nitrogen and oxygen atoms in total. The van der Waals surface area contributed by atoms with Gasteiger partial charge in [-0.05, 0) is 93.3 Å². The lowest BCUT2D eigenvalue weighted by Gasteiger charge is -2.47. The van der Waals surface area contributed by atoms with Gasteiger partial charge in [0, 0.05) is 66.2 Å². The summed E-state index contributed by atoms with van der Waals surface area (Å²) < 4.78 is 101. The minimum absolute atomic E-state index is 0.107. The summed E-state index contributed by atoms with van der Waals surface area (Å²) in [6.07, 6.45) is 7.81. The number of rotatable bonds is 43. The summed E-state index contributed by atoms with van der Waals surface area (Å²) in [4.78, 5) is 4.51. The normalized spacial score (nSPS) is 20.4. The van der Waals surface area contributed by atoms with E-state index in [4.69, 9.17) is 51.6 Å². The molecule has 3 rings (SSSR count). The Balaban J connectivity index is 2.08. The molecule has 1 saturated heterocycles. The van der Waals surface area contributed by atoms with E-state index >= 15 is 0 Å². The van der Waals surface area contributed by atoms with E-state index in [0.29, 0.717) is 59.3 Å². The lowest BCUT2D eigenvalue weighted by molar-refractivity contribution is -0.316. The number of unbranched alkanes of at least 4 members (excludes halogenated alkanes) is 7. The Morgan fingerprint density at radius 1 is 0.586 bits per heavy atom. The molecule has 1 aliphatic rings. The van der Waals surface area contributed by atoms with Crippen LogP contribution in [-0.4, -0.2) is 142 Å². The molecule has 0 spiro atoms. The number of para-hydroxylation sites is 1. The van der Waals surface area contributed by atoms with E-state index in [2.05, 4.69) is 53.5 Å². The van der Waals surface area contributed by atoms with E-state index in [1.165, 1.54) is 0 Å². The van der Waals surface area contributed by atoms with Crippen LogP contribution in [0, 0.1) is 0 Å². The quantitative estimate of drug-likeness (QED) is 0.0269. The third kappa shape index (κ3) is 24.0. The highest BCUT2D eigenvalue weighted by atomic mass is 32.2. The van der Waals surface area contributed by atoms with Crippen LogP contribution in [0.1, 0.15) is 150 Å². The fourth-order valence-electron chi connectivity index (χ4n) is 7.80. The van der Waals surface area contributed by atoms with Crippen molar-refractivity contribution in [2.75, 3.05) is 72.3 Å². The molecule has 0 aromatic heterocycles. The predicted octanol–water partition coefficient (Wildman–Crippen LogP) is 11.2. The number of nitrogens with zero attached hydrogens (tertiary/aromatic N) is 1. The fraction of sp³-hybridized carbons (Fsp3) is 0.764. The summed E-state index contributed by atoms with van der Waals surface area (Å²) in [5, 5.41) is 0. The SMILES string of the molecule is CCCCOCC[C@@H](OCCCC)C(OCCCC)[C@H](OCCCC)[C@@H](OC)O[C@@H]1C(COCCCC)O[C@@H](CS(=O)(=O)Oc2ccc(/C=N/c3ccccc3)cc2)[C@@H](OCCCC)C1OCCCC. The molecular weight excluding hydrogens is 915 g/mol. The van der Waals surface area contributed by atoms with Gasteiger partial charge in [0.1, 0.15) is 54.2 Å². The first kappa shape index (κ1) is 61.8. The lowest BCUT2D eigenvalue weighted by atomic mass is 9.94. The monoisotopic (exact) mass is 1010 g/mol. The fourth-order valence-corrected chi connectivity index (χ4v) is 8.95. The molecule has 0 bridgehead atoms. The summed E-state index contributed by atoms with van der Waals surface area (Å²) >= 11 is 0. The maximum atomic E-state index is 14.1. The van der Waals surface area contributed by atoms with E-state index < -0.39 is 64.9 Å². The van der Waals surface area contributed by atoms with Gasteiger partial charge in [-0.1, -0.05) is 112 Å². The van der Waals surface area contributed by atoms with Crippen LogP contribution in [0.5, 0.6) is 5.75 Å². The molecule has 9 atom stereocenters. The largest absolute Gasteiger partial charge is 0.382 e. The minimum Gasteiger partial charge on any atom is -0.382 e. The summed E-state index contributed by atoms with van der Waals surface area (Å²) in [5.41, 5.74) is 1.60. The first-order valence-electron chi connectivity index (χ1n) is 26.9. The van der Waals surface area contributed by atoms with E-state index in [-0.39, 0.29) is 18.5 Å². The average molecular weight is 1010 g/mol. The molecule has 0 aliphatic carbocycles. The molecule has 2 aromatic rings. The molecule has 402 valence electrons. The highest BCUT2D eigenvalue weighted by Gasteiger charge is 2.52. The molecule has 0 saturated carbocycles. The topological polar surface area (TPSA) is 148 Å². The Kier molecular flexibility index (Phi) is 33.6. The molecule has 3 unspecified atom stereocenters. The zero-order valence-corrected chi connectivity index (χ0v) is 45.1. The van der Waals surface area contributed by atoms with Crippen LogP contribution in [0.4, 0.5) is 5.69 Å². The third-order valence-electron chi connectivity index (χ3n) is 12.0. The van der Waals surface area contributed by atoms with Crippen LogP contribution >= 0.6 is 0 Å². The number of hydrogen-bond donors (Lipinski definition) is 0. The Hall–Kier alpha value is -2.54. The molecule has 15 heteroatoms. The van der Waals surface area contributed by atoms with Gasteiger partial charge in [-0.15, -0.1) is 0 Å². The van der Waals surface area contributed by atoms with Crippen molar-refractivity contribution in [1.82, 2.24) is 0 Å². The summed E-state index contributed by atoms with van der Waals surface area (Å²) in [6.45, 7) is 18.9. The van der Waals surface area contributed by atoms with Crippen LogP contribution in [0.25, 0.3) is 0 Å². The third-order valence-corrected chi connectivity index (χ3v) is 13.2. The maximum absolute atomic E-state index is 14.1. The molecule has 2 aromatic carbocycles. The zero-order valence-electron chi connectivity index (χ0n) is 44.3. The van der Waals surface area contributed by atoms with E-state index in [1.54, 1.807) is 37.6 Å². The summed E-state index contributed by atoms with van der Waals surface area (Å²) in [7, 11) is -2.64. The second-order valence-electron chi connectivity index (χ2n) is 18.1. The molecule has 1 aliphatic heterocycles. The molecule has 0 N–H and O–H groups in total. The minimum atomic E-state index is -4.25. The Morgan fingerprint density at radius 2 is 1.13 bits per heavy atom. The van der Waals surface area contributed by atoms with Crippen molar-refractivity contribution in [2.45, 2.75) is 200 Å². The molecule has 0 radical (unpaired) electrons. The van der Waals surface area contributed by atoms with Gasteiger partial charge in [0.05, 0.1) is 18.4 Å². The Bertz CT molecular complexity index is 1690. The Labute approximate surface area is 423 Å². The van der Waals surface area contributed by atoms with Crippen molar-refractivity contribution in [3.63, 3.8) is 0 Å². The summed E-state index contributed by atoms with van der Waals surface area (Å²) in [5.74, 6) is -0.335. The van der Waals surface area contributed by atoms with Crippen LogP contribution in [0.2, 0.25) is 0 Å². The number of aliphatic imine (C=N–C) groups is 1. The van der Waals surface area contributed by atoms with Crippen LogP contribution < -0.4 is 4.18 Å². The van der Waals surface area contributed by atoms with Crippen LogP contribution in [-0.2, 0) is 57.5 Å². The maximum Gasteiger partial charge on any atom is 0.311 e. The molecule has 0 amide bonds. The predicted molar refractivity (Wildman–Crippen MR) is 278 cm³/mol. The highest BCUT2D eigenvalue weighted by Crippen LogP contribution is 2.33. The van der Waals surface area contributed by atoms with Gasteiger partial charge in [-0.2, -0.15) is 8.42 Å². The zero-order chi connectivity index (χ0) is 50.7. The van der Waals surface area contributed by atoms with Crippen molar-refractivity contribution in [3.05, 3.63) is 60.2 Å². The van der Waals surface area contributed by atoms with Crippen LogP contribution in [0.15, 0.2) is 59.6 Å². The van der Waals surface area contributed by atoms with E-state index in [1.807, 2.05) is 30.3 Å². The summed E-state index contributed by atoms with van der Waals surface area (Å²) in [6, 6.07) is 16.4. The highest BCUT2D eigenvalue weighted by molar-refractivity contribution is 7.87. The number of methoxy groups -OCH3 is 1. The molecule has 1 fully saturated rings. The Morgan fingerprint density at radius 3 is 1.73 bits per heavy atom. The molecular formula is C55H93NO13S. The van der Waals surface area contributed by atoms with E-state index in [0.717, 1.165) is 101 Å².